The Bertz CT molecular complexity index is 517. The molecule has 0 saturated carbocycles. The molecule has 0 atom stereocenters. The number of aryl methyl sites for hydroxylation is 1. The number of anilines is 1. The van der Waals surface area contributed by atoms with Crippen molar-refractivity contribution in [2.75, 3.05) is 5.73 Å². The summed E-state index contributed by atoms with van der Waals surface area (Å²) in [5.41, 5.74) is 6.89. The van der Waals surface area contributed by atoms with Crippen LogP contribution in [0.25, 0.3) is 11.3 Å². The first-order valence-corrected chi connectivity index (χ1v) is 5.21. The molecule has 3 nitrogen and oxygen atoms in total. The molecule has 2 rings (SSSR count). The van der Waals surface area contributed by atoms with Crippen molar-refractivity contribution in [1.82, 2.24) is 9.55 Å². The molecular weight excluding hydrogens is 205 g/mol. The van der Waals surface area contributed by atoms with E-state index < -0.39 is 0 Å². The first kappa shape index (κ1) is 10.7. The van der Waals surface area contributed by atoms with Crippen LogP contribution >= 0.6 is 0 Å². The summed E-state index contributed by atoms with van der Waals surface area (Å²) in [5.74, 6) is 1.06. The van der Waals surface area contributed by atoms with Crippen molar-refractivity contribution >= 4 is 5.82 Å². The Hall–Kier alpha value is -1.84. The first-order valence-electron chi connectivity index (χ1n) is 5.21. The lowest BCUT2D eigenvalue weighted by Gasteiger charge is -2.01. The second-order valence-corrected chi connectivity index (χ2v) is 3.65. The Labute approximate surface area is 93.7 Å². The molecule has 0 amide bonds. The Morgan fingerprint density at radius 2 is 2.06 bits per heavy atom. The number of hydrogen-bond acceptors (Lipinski definition) is 2. The third-order valence-corrected chi connectivity index (χ3v) is 2.68. The van der Waals surface area contributed by atoms with E-state index in [0.717, 1.165) is 12.2 Å². The van der Waals surface area contributed by atoms with Crippen LogP contribution in [0.4, 0.5) is 10.2 Å². The summed E-state index contributed by atoms with van der Waals surface area (Å²) >= 11 is 0. The Balaban J connectivity index is 2.61. The third kappa shape index (κ3) is 1.56. The van der Waals surface area contributed by atoms with E-state index in [4.69, 9.17) is 5.73 Å². The van der Waals surface area contributed by atoms with Crippen LogP contribution < -0.4 is 5.73 Å². The number of imidazole rings is 1. The van der Waals surface area contributed by atoms with E-state index in [0.29, 0.717) is 17.1 Å². The predicted molar refractivity (Wildman–Crippen MR) is 62.4 cm³/mol. The number of halogens is 1. The second-order valence-electron chi connectivity index (χ2n) is 3.65. The van der Waals surface area contributed by atoms with Crippen LogP contribution in [0.5, 0.6) is 0 Å². The number of aromatic nitrogens is 2. The highest BCUT2D eigenvalue weighted by Crippen LogP contribution is 2.27. The van der Waals surface area contributed by atoms with Crippen LogP contribution in [0, 0.1) is 5.82 Å². The van der Waals surface area contributed by atoms with E-state index in [9.17, 15) is 4.39 Å². The summed E-state index contributed by atoms with van der Waals surface area (Å²) in [7, 11) is 1.84. The summed E-state index contributed by atoms with van der Waals surface area (Å²) in [6.07, 6.45) is 0.773. The van der Waals surface area contributed by atoms with Gasteiger partial charge in [-0.3, -0.25) is 0 Å². The molecule has 0 aliphatic heterocycles. The zero-order valence-corrected chi connectivity index (χ0v) is 9.37. The van der Waals surface area contributed by atoms with Crippen LogP contribution in [0.3, 0.4) is 0 Å². The summed E-state index contributed by atoms with van der Waals surface area (Å²) < 4.78 is 15.4. The van der Waals surface area contributed by atoms with Crippen molar-refractivity contribution in [3.05, 3.63) is 35.9 Å². The summed E-state index contributed by atoms with van der Waals surface area (Å²) in [5, 5.41) is 0. The number of nitrogens with two attached hydrogens (primary N) is 1. The standard InChI is InChI=1S/C12H14FN3/c1-3-10-15-11(12(14)16(10)2)8-6-4-5-7-9(8)13/h4-7H,3,14H2,1-2H3. The molecule has 1 aromatic heterocycles. The molecule has 0 unspecified atom stereocenters. The van der Waals surface area contributed by atoms with Crippen molar-refractivity contribution in [2.45, 2.75) is 13.3 Å². The first-order chi connectivity index (χ1) is 7.65. The molecular formula is C12H14FN3. The van der Waals surface area contributed by atoms with Crippen molar-refractivity contribution in [2.24, 2.45) is 7.05 Å². The molecule has 0 spiro atoms. The largest absolute Gasteiger partial charge is 0.383 e. The van der Waals surface area contributed by atoms with E-state index >= 15 is 0 Å². The van der Waals surface area contributed by atoms with Crippen LogP contribution in [-0.4, -0.2) is 9.55 Å². The maximum absolute atomic E-state index is 13.6. The van der Waals surface area contributed by atoms with Gasteiger partial charge in [-0.05, 0) is 12.1 Å². The van der Waals surface area contributed by atoms with Gasteiger partial charge < -0.3 is 10.3 Å². The highest BCUT2D eigenvalue weighted by atomic mass is 19.1. The van der Waals surface area contributed by atoms with Crippen LogP contribution in [-0.2, 0) is 13.5 Å². The van der Waals surface area contributed by atoms with Crippen molar-refractivity contribution in [1.29, 1.82) is 0 Å². The van der Waals surface area contributed by atoms with Gasteiger partial charge in [0.15, 0.2) is 0 Å². The zero-order chi connectivity index (χ0) is 11.7. The van der Waals surface area contributed by atoms with E-state index in [1.807, 2.05) is 14.0 Å². The molecule has 2 N–H and O–H groups in total. The minimum Gasteiger partial charge on any atom is -0.383 e. The fourth-order valence-electron chi connectivity index (χ4n) is 1.73. The van der Waals surface area contributed by atoms with Gasteiger partial charge in [-0.15, -0.1) is 0 Å². The molecule has 16 heavy (non-hydrogen) atoms. The topological polar surface area (TPSA) is 43.8 Å². The van der Waals surface area contributed by atoms with Crippen molar-refractivity contribution in [3.8, 4) is 11.3 Å². The molecule has 84 valence electrons. The fraction of sp³-hybridized carbons (Fsp3) is 0.250. The van der Waals surface area contributed by atoms with Gasteiger partial charge in [0, 0.05) is 19.0 Å². The third-order valence-electron chi connectivity index (χ3n) is 2.68. The molecule has 0 bridgehead atoms. The Morgan fingerprint density at radius 3 is 2.62 bits per heavy atom. The van der Waals surface area contributed by atoms with Crippen molar-refractivity contribution < 1.29 is 4.39 Å². The summed E-state index contributed by atoms with van der Waals surface area (Å²) in [6, 6.07) is 6.53. The van der Waals surface area contributed by atoms with Gasteiger partial charge in [0.2, 0.25) is 0 Å². The monoisotopic (exact) mass is 219 g/mol. The molecule has 0 radical (unpaired) electrons. The summed E-state index contributed by atoms with van der Waals surface area (Å²) in [6.45, 7) is 1.99. The summed E-state index contributed by atoms with van der Waals surface area (Å²) in [4.78, 5) is 4.36. The molecule has 2 aromatic rings. The number of nitrogen functional groups attached to an aromatic ring is 1. The average Bonchev–Trinajstić information content (AvgIpc) is 2.57. The van der Waals surface area contributed by atoms with Gasteiger partial charge in [-0.25, -0.2) is 9.37 Å². The highest BCUT2D eigenvalue weighted by Gasteiger charge is 2.15. The SMILES string of the molecule is CCc1nc(-c2ccccc2F)c(N)n1C. The van der Waals surface area contributed by atoms with Crippen molar-refractivity contribution in [3.63, 3.8) is 0 Å². The number of nitrogens with zero attached hydrogens (tertiary/aromatic N) is 2. The molecule has 0 aliphatic rings. The average molecular weight is 219 g/mol. The molecule has 0 fully saturated rings. The minimum absolute atomic E-state index is 0.296. The van der Waals surface area contributed by atoms with Gasteiger partial charge in [-0.2, -0.15) is 0 Å². The highest BCUT2D eigenvalue weighted by molar-refractivity contribution is 5.71. The molecule has 0 aliphatic carbocycles. The van der Waals surface area contributed by atoms with Crippen LogP contribution in [0.15, 0.2) is 24.3 Å². The Kier molecular flexibility index (Phi) is 2.64. The molecule has 0 saturated heterocycles. The Morgan fingerprint density at radius 1 is 1.38 bits per heavy atom. The van der Waals surface area contributed by atoms with E-state index in [1.54, 1.807) is 22.8 Å². The molecule has 4 heteroatoms. The quantitative estimate of drug-likeness (QED) is 0.842. The van der Waals surface area contributed by atoms with Crippen LogP contribution in [0.1, 0.15) is 12.7 Å². The van der Waals surface area contributed by atoms with Gasteiger partial charge in [-0.1, -0.05) is 19.1 Å². The zero-order valence-electron chi connectivity index (χ0n) is 9.37. The molecule has 1 heterocycles. The van der Waals surface area contributed by atoms with Gasteiger partial charge in [0.1, 0.15) is 23.2 Å². The van der Waals surface area contributed by atoms with E-state index in [1.165, 1.54) is 6.07 Å². The maximum atomic E-state index is 13.6. The second kappa shape index (κ2) is 3.96. The lowest BCUT2D eigenvalue weighted by molar-refractivity contribution is 0.631. The van der Waals surface area contributed by atoms with E-state index in [-0.39, 0.29) is 5.82 Å². The number of benzene rings is 1. The lowest BCUT2D eigenvalue weighted by atomic mass is 10.1. The van der Waals surface area contributed by atoms with Gasteiger partial charge >= 0.3 is 0 Å². The van der Waals surface area contributed by atoms with E-state index in [2.05, 4.69) is 4.98 Å². The molecule has 1 aromatic carbocycles. The fourth-order valence-corrected chi connectivity index (χ4v) is 1.73. The minimum atomic E-state index is -0.296. The number of rotatable bonds is 2. The predicted octanol–water partition coefficient (Wildman–Crippen LogP) is 2.37. The maximum Gasteiger partial charge on any atom is 0.132 e. The normalized spacial score (nSPS) is 10.7. The van der Waals surface area contributed by atoms with Crippen LogP contribution in [0.2, 0.25) is 0 Å². The number of hydrogen-bond donors (Lipinski definition) is 1. The smallest absolute Gasteiger partial charge is 0.132 e. The van der Waals surface area contributed by atoms with Gasteiger partial charge in [0.25, 0.3) is 0 Å². The lowest BCUT2D eigenvalue weighted by Crippen LogP contribution is -2.00. The van der Waals surface area contributed by atoms with Gasteiger partial charge in [0.05, 0.1) is 0 Å².